The van der Waals surface area contributed by atoms with Crippen molar-refractivity contribution >= 4 is 15.9 Å². The predicted molar refractivity (Wildman–Crippen MR) is 68.7 cm³/mol. The molecule has 1 heterocycles. The van der Waals surface area contributed by atoms with Crippen molar-refractivity contribution in [2.75, 3.05) is 7.11 Å². The normalized spacial score (nSPS) is 10.2. The molecule has 6 heteroatoms. The number of aliphatic hydroxyl groups excluding tert-OH is 1. The smallest absolute Gasteiger partial charge is 0.227 e. The van der Waals surface area contributed by atoms with Crippen LogP contribution >= 0.6 is 15.9 Å². The minimum Gasteiger partial charge on any atom is -0.497 e. The number of ether oxygens (including phenoxy) is 2. The minimum atomic E-state index is -0.177. The van der Waals surface area contributed by atoms with Gasteiger partial charge in [0.1, 0.15) is 17.8 Å². The molecule has 0 bridgehead atoms. The van der Waals surface area contributed by atoms with E-state index in [2.05, 4.69) is 25.9 Å². The number of hydrogen-bond acceptors (Lipinski definition) is 5. The third kappa shape index (κ3) is 2.77. The number of aromatic nitrogens is 2. The highest BCUT2D eigenvalue weighted by Crippen LogP contribution is 2.32. The fourth-order valence-electron chi connectivity index (χ4n) is 1.34. The van der Waals surface area contributed by atoms with Gasteiger partial charge in [0.15, 0.2) is 0 Å². The Bertz CT molecular complexity index is 549. The number of benzene rings is 1. The third-order valence-electron chi connectivity index (χ3n) is 2.26. The van der Waals surface area contributed by atoms with E-state index in [0.29, 0.717) is 17.2 Å². The van der Waals surface area contributed by atoms with Crippen molar-refractivity contribution in [1.29, 1.82) is 0 Å². The zero-order valence-corrected chi connectivity index (χ0v) is 11.2. The molecule has 0 aliphatic heterocycles. The summed E-state index contributed by atoms with van der Waals surface area (Å²) in [6, 6.07) is 5.32. The summed E-state index contributed by atoms with van der Waals surface area (Å²) in [5, 5.41) is 9.16. The first-order valence-corrected chi connectivity index (χ1v) is 5.95. The molecular weight excluding hydrogens is 300 g/mol. The van der Waals surface area contributed by atoms with Crippen LogP contribution in [0.1, 0.15) is 5.56 Å². The Morgan fingerprint density at radius 1 is 1.39 bits per heavy atom. The summed E-state index contributed by atoms with van der Waals surface area (Å²) in [5.74, 6) is 1.64. The second-order valence-electron chi connectivity index (χ2n) is 3.41. The fourth-order valence-corrected chi connectivity index (χ4v) is 1.78. The fraction of sp³-hybridized carbons (Fsp3) is 0.167. The van der Waals surface area contributed by atoms with E-state index < -0.39 is 0 Å². The van der Waals surface area contributed by atoms with Gasteiger partial charge in [0.25, 0.3) is 0 Å². The maximum atomic E-state index is 9.16. The van der Waals surface area contributed by atoms with Crippen LogP contribution in [0.25, 0.3) is 0 Å². The van der Waals surface area contributed by atoms with Crippen LogP contribution in [0.3, 0.4) is 0 Å². The zero-order chi connectivity index (χ0) is 13.0. The van der Waals surface area contributed by atoms with Gasteiger partial charge in [-0.15, -0.1) is 0 Å². The first-order chi connectivity index (χ1) is 8.74. The molecular formula is C12H11BrN2O3. The molecule has 1 aromatic heterocycles. The molecule has 0 saturated carbocycles. The lowest BCUT2D eigenvalue weighted by Gasteiger charge is -2.10. The van der Waals surface area contributed by atoms with E-state index >= 15 is 0 Å². The van der Waals surface area contributed by atoms with Gasteiger partial charge in [0, 0.05) is 6.20 Å². The Kier molecular flexibility index (Phi) is 4.11. The number of hydrogen-bond donors (Lipinski definition) is 1. The SMILES string of the molecule is COc1ccc(Oc2ncncc2CO)c(Br)c1. The van der Waals surface area contributed by atoms with Gasteiger partial charge in [0.05, 0.1) is 23.8 Å². The van der Waals surface area contributed by atoms with Crippen LogP contribution in [0.4, 0.5) is 0 Å². The van der Waals surface area contributed by atoms with Gasteiger partial charge in [-0.1, -0.05) is 0 Å². The first kappa shape index (κ1) is 12.8. The highest BCUT2D eigenvalue weighted by Gasteiger charge is 2.09. The lowest BCUT2D eigenvalue weighted by molar-refractivity contribution is 0.274. The van der Waals surface area contributed by atoms with Crippen LogP contribution in [-0.4, -0.2) is 22.2 Å². The number of rotatable bonds is 4. The van der Waals surface area contributed by atoms with Crippen LogP contribution in [-0.2, 0) is 6.61 Å². The van der Waals surface area contributed by atoms with Crippen LogP contribution in [0.2, 0.25) is 0 Å². The Morgan fingerprint density at radius 2 is 2.22 bits per heavy atom. The molecule has 0 spiro atoms. The summed E-state index contributed by atoms with van der Waals surface area (Å²) in [6.45, 7) is -0.177. The summed E-state index contributed by atoms with van der Waals surface area (Å²) in [7, 11) is 1.59. The molecule has 0 aliphatic rings. The average molecular weight is 311 g/mol. The van der Waals surface area contributed by atoms with Gasteiger partial charge in [-0.3, -0.25) is 0 Å². The van der Waals surface area contributed by atoms with Crippen molar-refractivity contribution < 1.29 is 14.6 Å². The van der Waals surface area contributed by atoms with Crippen molar-refractivity contribution in [2.24, 2.45) is 0 Å². The molecule has 2 aromatic rings. The second-order valence-corrected chi connectivity index (χ2v) is 4.26. The number of aliphatic hydroxyl groups is 1. The van der Waals surface area contributed by atoms with E-state index in [0.717, 1.165) is 10.2 Å². The van der Waals surface area contributed by atoms with Gasteiger partial charge in [0.2, 0.25) is 5.88 Å². The van der Waals surface area contributed by atoms with Crippen LogP contribution < -0.4 is 9.47 Å². The van der Waals surface area contributed by atoms with Crippen LogP contribution in [0.5, 0.6) is 17.4 Å². The molecule has 0 amide bonds. The zero-order valence-electron chi connectivity index (χ0n) is 9.63. The van der Waals surface area contributed by atoms with Gasteiger partial charge in [-0.05, 0) is 34.1 Å². The molecule has 1 aromatic carbocycles. The Morgan fingerprint density at radius 3 is 2.89 bits per heavy atom. The van der Waals surface area contributed by atoms with E-state index in [1.165, 1.54) is 12.5 Å². The standard InChI is InChI=1S/C12H11BrN2O3/c1-17-9-2-3-11(10(13)4-9)18-12-8(6-16)5-14-7-15-12/h2-5,7,16H,6H2,1H3. The molecule has 18 heavy (non-hydrogen) atoms. The van der Waals surface area contributed by atoms with Crippen molar-refractivity contribution in [1.82, 2.24) is 9.97 Å². The molecule has 1 N–H and O–H groups in total. The first-order valence-electron chi connectivity index (χ1n) is 5.15. The quantitative estimate of drug-likeness (QED) is 0.940. The predicted octanol–water partition coefficient (Wildman–Crippen LogP) is 2.53. The van der Waals surface area contributed by atoms with Gasteiger partial charge in [-0.25, -0.2) is 9.97 Å². The van der Waals surface area contributed by atoms with Crippen molar-refractivity contribution in [2.45, 2.75) is 6.61 Å². The maximum absolute atomic E-state index is 9.16. The summed E-state index contributed by atoms with van der Waals surface area (Å²) in [6.07, 6.45) is 2.88. The highest BCUT2D eigenvalue weighted by atomic mass is 79.9. The lowest BCUT2D eigenvalue weighted by Crippen LogP contribution is -1.96. The van der Waals surface area contributed by atoms with Crippen LogP contribution in [0.15, 0.2) is 35.2 Å². The van der Waals surface area contributed by atoms with Gasteiger partial charge in [-0.2, -0.15) is 0 Å². The van der Waals surface area contributed by atoms with Crippen molar-refractivity contribution in [3.63, 3.8) is 0 Å². The van der Waals surface area contributed by atoms with Crippen molar-refractivity contribution in [3.8, 4) is 17.4 Å². The Labute approximate surface area is 113 Å². The Hall–Kier alpha value is -1.66. The van der Waals surface area contributed by atoms with Crippen LogP contribution in [0, 0.1) is 0 Å². The molecule has 0 aliphatic carbocycles. The van der Waals surface area contributed by atoms with Gasteiger partial charge >= 0.3 is 0 Å². The van der Waals surface area contributed by atoms with Gasteiger partial charge < -0.3 is 14.6 Å². The maximum Gasteiger partial charge on any atom is 0.227 e. The molecule has 0 saturated heterocycles. The molecule has 0 unspecified atom stereocenters. The van der Waals surface area contributed by atoms with E-state index in [4.69, 9.17) is 14.6 Å². The largest absolute Gasteiger partial charge is 0.497 e. The topological polar surface area (TPSA) is 64.5 Å². The average Bonchev–Trinajstić information content (AvgIpc) is 2.41. The molecule has 0 fully saturated rings. The molecule has 94 valence electrons. The summed E-state index contributed by atoms with van der Waals surface area (Å²) in [4.78, 5) is 7.81. The third-order valence-corrected chi connectivity index (χ3v) is 2.88. The summed E-state index contributed by atoms with van der Waals surface area (Å²) >= 11 is 3.38. The van der Waals surface area contributed by atoms with E-state index in [-0.39, 0.29) is 6.61 Å². The molecule has 0 atom stereocenters. The van der Waals surface area contributed by atoms with Crippen molar-refractivity contribution in [3.05, 3.63) is 40.8 Å². The highest BCUT2D eigenvalue weighted by molar-refractivity contribution is 9.10. The monoisotopic (exact) mass is 310 g/mol. The van der Waals surface area contributed by atoms with E-state index in [1.807, 2.05) is 0 Å². The van der Waals surface area contributed by atoms with E-state index in [1.54, 1.807) is 25.3 Å². The molecule has 5 nitrogen and oxygen atoms in total. The minimum absolute atomic E-state index is 0.177. The molecule has 0 radical (unpaired) electrons. The summed E-state index contributed by atoms with van der Waals surface area (Å²) < 4.78 is 11.5. The molecule has 2 rings (SSSR count). The second kappa shape index (κ2) is 5.79. The number of halogens is 1. The van der Waals surface area contributed by atoms with E-state index in [9.17, 15) is 0 Å². The number of nitrogens with zero attached hydrogens (tertiary/aromatic N) is 2. The lowest BCUT2D eigenvalue weighted by atomic mass is 10.3. The summed E-state index contributed by atoms with van der Waals surface area (Å²) in [5.41, 5.74) is 0.528. The number of methoxy groups -OCH3 is 1. The Balaban J connectivity index is 2.28.